The second-order valence-electron chi connectivity index (χ2n) is 11.7. The van der Waals surface area contributed by atoms with Gasteiger partial charge in [0.2, 0.25) is 21.8 Å². The Morgan fingerprint density at radius 1 is 1.10 bits per heavy atom. The summed E-state index contributed by atoms with van der Waals surface area (Å²) in [6.07, 6.45) is 6.11. The van der Waals surface area contributed by atoms with Crippen molar-refractivity contribution in [2.24, 2.45) is 17.8 Å². The average Bonchev–Trinajstić information content (AvgIpc) is 3.87. The maximum absolute atomic E-state index is 13.8. The molecule has 5 atom stereocenters. The molecular formula is C29H38N4O8S. The molecule has 3 N–H and O–H groups in total. The molecule has 3 saturated carbocycles. The van der Waals surface area contributed by atoms with Gasteiger partial charge < -0.3 is 19.7 Å². The fourth-order valence-electron chi connectivity index (χ4n) is 5.93. The van der Waals surface area contributed by atoms with Gasteiger partial charge in [-0.3, -0.25) is 24.4 Å². The number of hydrogen-bond donors (Lipinski definition) is 3. The molecule has 228 valence electrons. The number of anilines is 1. The maximum atomic E-state index is 13.8. The Balaban J connectivity index is 1.34. The van der Waals surface area contributed by atoms with Gasteiger partial charge in [0.05, 0.1) is 29.9 Å². The van der Waals surface area contributed by atoms with Gasteiger partial charge >= 0.3 is 6.09 Å². The van der Waals surface area contributed by atoms with Crippen molar-refractivity contribution in [1.82, 2.24) is 14.9 Å². The molecule has 42 heavy (non-hydrogen) atoms. The Labute approximate surface area is 245 Å². The zero-order valence-electron chi connectivity index (χ0n) is 23.8. The van der Waals surface area contributed by atoms with Crippen molar-refractivity contribution in [1.29, 1.82) is 0 Å². The second-order valence-corrected chi connectivity index (χ2v) is 13.6. The zero-order valence-corrected chi connectivity index (χ0v) is 24.7. The first kappa shape index (κ1) is 29.9. The molecule has 0 saturated heterocycles. The summed E-state index contributed by atoms with van der Waals surface area (Å²) in [5.74, 6) is -3.09. The molecule has 0 aromatic heterocycles. The van der Waals surface area contributed by atoms with E-state index in [0.29, 0.717) is 30.8 Å². The van der Waals surface area contributed by atoms with Crippen LogP contribution in [0.3, 0.4) is 0 Å². The molecule has 0 radical (unpaired) electrons. The minimum Gasteiger partial charge on any atom is -0.495 e. The second kappa shape index (κ2) is 11.9. The van der Waals surface area contributed by atoms with Crippen LogP contribution < -0.4 is 20.1 Å². The molecule has 13 heteroatoms. The molecule has 1 aliphatic heterocycles. The van der Waals surface area contributed by atoms with Gasteiger partial charge in [-0.05, 0) is 63.5 Å². The number of nitrogens with one attached hydrogen (secondary N) is 3. The van der Waals surface area contributed by atoms with Crippen molar-refractivity contribution in [2.75, 3.05) is 26.0 Å². The van der Waals surface area contributed by atoms with Gasteiger partial charge in [-0.1, -0.05) is 24.3 Å². The van der Waals surface area contributed by atoms with E-state index in [1.54, 1.807) is 36.2 Å². The monoisotopic (exact) mass is 602 g/mol. The van der Waals surface area contributed by atoms with Gasteiger partial charge in [0.25, 0.3) is 5.91 Å². The molecule has 3 fully saturated rings. The molecule has 1 heterocycles. The number of carbonyl (C=O) groups is 4. The Kier molecular flexibility index (Phi) is 8.49. The van der Waals surface area contributed by atoms with Crippen LogP contribution in [0.2, 0.25) is 0 Å². The Hall–Kier alpha value is -3.61. The van der Waals surface area contributed by atoms with Crippen LogP contribution in [-0.2, 0) is 29.1 Å². The highest BCUT2D eigenvalue weighted by Gasteiger charge is 2.62. The van der Waals surface area contributed by atoms with E-state index in [9.17, 15) is 27.6 Å². The van der Waals surface area contributed by atoms with E-state index in [4.69, 9.17) is 9.47 Å². The highest BCUT2D eigenvalue weighted by atomic mass is 32.2. The van der Waals surface area contributed by atoms with Crippen LogP contribution in [0.5, 0.6) is 5.75 Å². The lowest BCUT2D eigenvalue weighted by Crippen LogP contribution is -2.54. The highest BCUT2D eigenvalue weighted by Crippen LogP contribution is 2.47. The molecule has 5 rings (SSSR count). The van der Waals surface area contributed by atoms with Crippen molar-refractivity contribution in [3.8, 4) is 5.75 Å². The molecule has 0 unspecified atom stereocenters. The van der Waals surface area contributed by atoms with Crippen LogP contribution in [0.25, 0.3) is 0 Å². The van der Waals surface area contributed by atoms with E-state index in [0.717, 1.165) is 19.3 Å². The first-order chi connectivity index (χ1) is 20.0. The lowest BCUT2D eigenvalue weighted by molar-refractivity contribution is -0.140. The summed E-state index contributed by atoms with van der Waals surface area (Å²) < 4.78 is 38.2. The summed E-state index contributed by atoms with van der Waals surface area (Å²) in [6, 6.07) is 6.85. The van der Waals surface area contributed by atoms with E-state index in [-0.39, 0.29) is 31.1 Å². The highest BCUT2D eigenvalue weighted by molar-refractivity contribution is 7.91. The van der Waals surface area contributed by atoms with Crippen molar-refractivity contribution in [3.63, 3.8) is 0 Å². The predicted molar refractivity (Wildman–Crippen MR) is 153 cm³/mol. The van der Waals surface area contributed by atoms with Crippen LogP contribution in [0.4, 0.5) is 10.5 Å². The number of ether oxygens (including phenoxy) is 2. The van der Waals surface area contributed by atoms with Gasteiger partial charge in [0.15, 0.2) is 0 Å². The minimum absolute atomic E-state index is 0.0774. The smallest absolute Gasteiger partial charge is 0.412 e. The first-order valence-corrected chi connectivity index (χ1v) is 16.0. The fourth-order valence-corrected chi connectivity index (χ4v) is 7.29. The molecule has 1 aromatic carbocycles. The van der Waals surface area contributed by atoms with E-state index in [1.165, 1.54) is 7.11 Å². The van der Waals surface area contributed by atoms with E-state index < -0.39 is 56.7 Å². The van der Waals surface area contributed by atoms with Gasteiger partial charge in [0, 0.05) is 19.5 Å². The van der Waals surface area contributed by atoms with E-state index in [2.05, 4.69) is 15.4 Å². The number of amides is 4. The average molecular weight is 603 g/mol. The molecule has 1 aromatic rings. The third-order valence-electron chi connectivity index (χ3n) is 8.61. The number of methoxy groups -OCH3 is 1. The summed E-state index contributed by atoms with van der Waals surface area (Å²) >= 11 is 0. The summed E-state index contributed by atoms with van der Waals surface area (Å²) in [7, 11) is -0.650. The maximum Gasteiger partial charge on any atom is 0.412 e. The summed E-state index contributed by atoms with van der Waals surface area (Å²) in [5, 5.41) is 4.88. The Morgan fingerprint density at radius 3 is 2.57 bits per heavy atom. The Bertz CT molecular complexity index is 1380. The molecule has 0 spiro atoms. The quantitative estimate of drug-likeness (QED) is 0.418. The normalized spacial score (nSPS) is 29.8. The zero-order chi connectivity index (χ0) is 30.1. The topological polar surface area (TPSA) is 160 Å². The first-order valence-electron chi connectivity index (χ1n) is 14.4. The summed E-state index contributed by atoms with van der Waals surface area (Å²) in [4.78, 5) is 55.0. The number of rotatable bonds is 6. The van der Waals surface area contributed by atoms with Crippen LogP contribution in [0.15, 0.2) is 36.4 Å². The van der Waals surface area contributed by atoms with Crippen LogP contribution in [-0.4, -0.2) is 74.7 Å². The standard InChI is InChI=1S/C29H38N4O8S/c1-33-14-8-4-3-5-9-18-17-29(18,27(36)32-42(38,39)20-12-13-20)31-25(34)21-15-19(16-22(21)26(33)35)41-28(37)30-23-10-6-7-11-24(23)40-2/h5-7,9-11,18-22H,3-4,8,12-17H2,1-2H3,(H,30,37)(H,31,34)(H,32,36)/t18-,19-,21-,22-,29-/m1/s1. The van der Waals surface area contributed by atoms with Gasteiger partial charge in [-0.25, -0.2) is 13.2 Å². The lowest BCUT2D eigenvalue weighted by Gasteiger charge is -2.26. The minimum atomic E-state index is -3.82. The molecule has 4 amide bonds. The van der Waals surface area contributed by atoms with Gasteiger partial charge in [0.1, 0.15) is 17.4 Å². The molecule has 0 bridgehead atoms. The lowest BCUT2D eigenvalue weighted by atomic mass is 9.93. The number of allylic oxidation sites excluding steroid dienone is 1. The predicted octanol–water partition coefficient (Wildman–Crippen LogP) is 2.32. The summed E-state index contributed by atoms with van der Waals surface area (Å²) in [6.45, 7) is 0.520. The van der Waals surface area contributed by atoms with Crippen molar-refractivity contribution in [2.45, 2.75) is 68.3 Å². The van der Waals surface area contributed by atoms with Gasteiger partial charge in [-0.15, -0.1) is 0 Å². The number of fused-ring (bicyclic) bond motifs is 2. The van der Waals surface area contributed by atoms with E-state index >= 15 is 0 Å². The molecule has 4 aliphatic rings. The van der Waals surface area contributed by atoms with Crippen LogP contribution in [0, 0.1) is 17.8 Å². The largest absolute Gasteiger partial charge is 0.495 e. The number of carbonyl (C=O) groups excluding carboxylic acids is 4. The molecule has 12 nitrogen and oxygen atoms in total. The number of benzene rings is 1. The Morgan fingerprint density at radius 2 is 1.83 bits per heavy atom. The van der Waals surface area contributed by atoms with Crippen LogP contribution >= 0.6 is 0 Å². The fraction of sp³-hybridized carbons (Fsp3) is 0.586. The van der Waals surface area contributed by atoms with Crippen molar-refractivity contribution < 1.29 is 37.1 Å². The number of nitrogens with zero attached hydrogens (tertiary/aromatic N) is 1. The summed E-state index contributed by atoms with van der Waals surface area (Å²) in [5.41, 5.74) is -1.00. The van der Waals surface area contributed by atoms with Crippen molar-refractivity contribution >= 4 is 39.5 Å². The number of para-hydroxylation sites is 2. The van der Waals surface area contributed by atoms with Gasteiger partial charge in [-0.2, -0.15) is 0 Å². The SMILES string of the molecule is COc1ccccc1NC(=O)O[C@@H]1C[C@H]2C(=O)N[C@]3(C(=O)NS(=O)(=O)C4CC4)C[C@H]3C=CCCCCN(C)C(=O)[C@@H]2C1. The molecular weight excluding hydrogens is 564 g/mol. The third-order valence-corrected chi connectivity index (χ3v) is 10.4. The van der Waals surface area contributed by atoms with Crippen LogP contribution in [0.1, 0.15) is 51.4 Å². The molecule has 3 aliphatic carbocycles. The third kappa shape index (κ3) is 6.40. The van der Waals surface area contributed by atoms with Crippen molar-refractivity contribution in [3.05, 3.63) is 36.4 Å². The van der Waals surface area contributed by atoms with E-state index in [1.807, 2.05) is 12.2 Å². The number of hydrogen-bond acceptors (Lipinski definition) is 8. The number of sulfonamides is 1.